The molecule has 0 saturated carbocycles. The van der Waals surface area contributed by atoms with Gasteiger partial charge >= 0.3 is 0 Å². The van der Waals surface area contributed by atoms with Crippen LogP contribution in [0, 0.1) is 0 Å². The number of nitrogens with one attached hydrogen (secondary N) is 2. The van der Waals surface area contributed by atoms with Crippen molar-refractivity contribution in [2.45, 2.75) is 27.3 Å². The lowest BCUT2D eigenvalue weighted by atomic mass is 10.1. The first-order chi connectivity index (χ1) is 13.5. The molecule has 0 bridgehead atoms. The zero-order valence-electron chi connectivity index (χ0n) is 16.5. The van der Waals surface area contributed by atoms with Crippen LogP contribution in [0.4, 0.5) is 5.69 Å². The average Bonchev–Trinajstić information content (AvgIpc) is 2.66. The topological polar surface area (TPSA) is 76.7 Å². The van der Waals surface area contributed by atoms with Crippen LogP contribution in [-0.2, 0) is 16.1 Å². The van der Waals surface area contributed by atoms with Crippen LogP contribution in [0.1, 0.15) is 31.9 Å². The second-order valence-electron chi connectivity index (χ2n) is 6.00. The lowest BCUT2D eigenvalue weighted by Crippen LogP contribution is -2.20. The summed E-state index contributed by atoms with van der Waals surface area (Å²) < 4.78 is 11.1. The molecule has 2 aromatic carbocycles. The average molecular weight is 382 g/mol. The van der Waals surface area contributed by atoms with Crippen molar-refractivity contribution in [3.8, 4) is 11.5 Å². The number of hydrogen-bond donors (Lipinski definition) is 2. The highest BCUT2D eigenvalue weighted by atomic mass is 16.5. The van der Waals surface area contributed by atoms with E-state index in [2.05, 4.69) is 10.6 Å². The minimum absolute atomic E-state index is 0.133. The van der Waals surface area contributed by atoms with Crippen LogP contribution >= 0.6 is 0 Å². The smallest absolute Gasteiger partial charge is 0.244 e. The van der Waals surface area contributed by atoms with Gasteiger partial charge in [-0.2, -0.15) is 0 Å². The summed E-state index contributed by atoms with van der Waals surface area (Å²) in [6, 6.07) is 12.9. The van der Waals surface area contributed by atoms with Gasteiger partial charge in [0.25, 0.3) is 0 Å². The molecule has 0 aliphatic carbocycles. The van der Waals surface area contributed by atoms with Crippen LogP contribution in [0.2, 0.25) is 0 Å². The molecule has 0 aliphatic rings. The Balaban J connectivity index is 1.96. The highest BCUT2D eigenvalue weighted by molar-refractivity contribution is 5.92. The molecule has 2 N–H and O–H groups in total. The zero-order chi connectivity index (χ0) is 20.4. The van der Waals surface area contributed by atoms with Gasteiger partial charge in [-0.3, -0.25) is 9.59 Å². The standard InChI is InChI=1S/C22H26N2O4/c1-4-27-20-11-9-17(14-21(20)28-5-2)10-12-22(26)23-15-18-7-6-8-19(13-18)24-16(3)25/h6-14H,4-5,15H2,1-3H3,(H,23,26)(H,24,25)/b12-10+. The van der Waals surface area contributed by atoms with Crippen LogP contribution < -0.4 is 20.1 Å². The highest BCUT2D eigenvalue weighted by Crippen LogP contribution is 2.29. The lowest BCUT2D eigenvalue weighted by Gasteiger charge is -2.11. The largest absolute Gasteiger partial charge is 0.490 e. The summed E-state index contributed by atoms with van der Waals surface area (Å²) in [5.74, 6) is 0.995. The Hall–Kier alpha value is -3.28. The third-order valence-electron chi connectivity index (χ3n) is 3.71. The first kappa shape index (κ1) is 21.0. The van der Waals surface area contributed by atoms with Gasteiger partial charge in [-0.05, 0) is 55.3 Å². The maximum absolute atomic E-state index is 12.1. The van der Waals surface area contributed by atoms with Crippen LogP contribution in [0.5, 0.6) is 11.5 Å². The molecular weight excluding hydrogens is 356 g/mol. The van der Waals surface area contributed by atoms with Crippen molar-refractivity contribution in [3.63, 3.8) is 0 Å². The minimum atomic E-state index is -0.211. The van der Waals surface area contributed by atoms with E-state index < -0.39 is 0 Å². The fourth-order valence-electron chi connectivity index (χ4n) is 2.55. The van der Waals surface area contributed by atoms with Crippen molar-refractivity contribution in [3.05, 3.63) is 59.7 Å². The van der Waals surface area contributed by atoms with Gasteiger partial charge in [0, 0.05) is 25.2 Å². The monoisotopic (exact) mass is 382 g/mol. The summed E-state index contributed by atoms with van der Waals surface area (Å²) in [6.45, 7) is 6.74. The number of amides is 2. The van der Waals surface area contributed by atoms with Crippen molar-refractivity contribution in [1.29, 1.82) is 0 Å². The molecule has 0 heterocycles. The van der Waals surface area contributed by atoms with Crippen molar-refractivity contribution < 1.29 is 19.1 Å². The molecule has 6 nitrogen and oxygen atoms in total. The van der Waals surface area contributed by atoms with E-state index in [1.807, 2.05) is 50.2 Å². The Morgan fingerprint density at radius 3 is 2.46 bits per heavy atom. The molecule has 2 aromatic rings. The third-order valence-corrected chi connectivity index (χ3v) is 3.71. The maximum Gasteiger partial charge on any atom is 0.244 e. The Morgan fingerprint density at radius 1 is 1.00 bits per heavy atom. The molecule has 0 aliphatic heterocycles. The van der Waals surface area contributed by atoms with Gasteiger partial charge in [-0.1, -0.05) is 18.2 Å². The van der Waals surface area contributed by atoms with Crippen molar-refractivity contribution in [2.24, 2.45) is 0 Å². The molecule has 2 amide bonds. The van der Waals surface area contributed by atoms with Gasteiger partial charge in [0.15, 0.2) is 11.5 Å². The quantitative estimate of drug-likeness (QED) is 0.647. The van der Waals surface area contributed by atoms with Crippen LogP contribution in [-0.4, -0.2) is 25.0 Å². The predicted octanol–water partition coefficient (Wildman–Crippen LogP) is 3.77. The molecule has 148 valence electrons. The van der Waals surface area contributed by atoms with E-state index >= 15 is 0 Å². The molecule has 0 saturated heterocycles. The SMILES string of the molecule is CCOc1ccc(/C=C/C(=O)NCc2cccc(NC(C)=O)c2)cc1OCC. The molecule has 0 fully saturated rings. The first-order valence-corrected chi connectivity index (χ1v) is 9.24. The van der Waals surface area contributed by atoms with Crippen molar-refractivity contribution in [1.82, 2.24) is 5.32 Å². The van der Waals surface area contributed by atoms with E-state index in [1.165, 1.54) is 13.0 Å². The third kappa shape index (κ3) is 6.79. The first-order valence-electron chi connectivity index (χ1n) is 9.24. The van der Waals surface area contributed by atoms with Gasteiger partial charge < -0.3 is 20.1 Å². The van der Waals surface area contributed by atoms with Crippen LogP contribution in [0.15, 0.2) is 48.5 Å². The van der Waals surface area contributed by atoms with Crippen LogP contribution in [0.3, 0.4) is 0 Å². The fourth-order valence-corrected chi connectivity index (χ4v) is 2.55. The Kier molecular flexibility index (Phi) is 8.09. The summed E-state index contributed by atoms with van der Waals surface area (Å²) >= 11 is 0. The van der Waals surface area contributed by atoms with E-state index in [4.69, 9.17) is 9.47 Å². The second-order valence-corrected chi connectivity index (χ2v) is 6.00. The number of ether oxygens (including phenoxy) is 2. The molecule has 0 aromatic heterocycles. The summed E-state index contributed by atoms with van der Waals surface area (Å²) in [5.41, 5.74) is 2.44. The summed E-state index contributed by atoms with van der Waals surface area (Å²) in [5, 5.41) is 5.55. The van der Waals surface area contributed by atoms with Gasteiger partial charge in [-0.15, -0.1) is 0 Å². The molecular formula is C22H26N2O4. The number of hydrogen-bond acceptors (Lipinski definition) is 4. The van der Waals surface area contributed by atoms with Gasteiger partial charge in [0.05, 0.1) is 13.2 Å². The Labute approximate surface area is 165 Å². The van der Waals surface area contributed by atoms with Crippen molar-refractivity contribution >= 4 is 23.6 Å². The summed E-state index contributed by atoms with van der Waals surface area (Å²) in [4.78, 5) is 23.2. The molecule has 2 rings (SSSR count). The Bertz CT molecular complexity index is 846. The van der Waals surface area contributed by atoms with E-state index in [-0.39, 0.29) is 11.8 Å². The zero-order valence-corrected chi connectivity index (χ0v) is 16.5. The van der Waals surface area contributed by atoms with E-state index in [0.717, 1.165) is 11.1 Å². The second kappa shape index (κ2) is 10.8. The number of carbonyl (C=O) groups is 2. The molecule has 28 heavy (non-hydrogen) atoms. The molecule has 0 atom stereocenters. The lowest BCUT2D eigenvalue weighted by molar-refractivity contribution is -0.116. The predicted molar refractivity (Wildman–Crippen MR) is 110 cm³/mol. The molecule has 0 unspecified atom stereocenters. The van der Waals surface area contributed by atoms with Gasteiger partial charge in [-0.25, -0.2) is 0 Å². The molecule has 6 heteroatoms. The summed E-state index contributed by atoms with van der Waals surface area (Å²) in [7, 11) is 0. The number of rotatable bonds is 9. The normalized spacial score (nSPS) is 10.5. The van der Waals surface area contributed by atoms with Gasteiger partial charge in [0.1, 0.15) is 0 Å². The van der Waals surface area contributed by atoms with Gasteiger partial charge in [0.2, 0.25) is 11.8 Å². The van der Waals surface area contributed by atoms with E-state index in [0.29, 0.717) is 36.9 Å². The number of carbonyl (C=O) groups excluding carboxylic acids is 2. The van der Waals surface area contributed by atoms with Crippen LogP contribution in [0.25, 0.3) is 6.08 Å². The fraction of sp³-hybridized carbons (Fsp3) is 0.273. The Morgan fingerprint density at radius 2 is 1.75 bits per heavy atom. The number of benzene rings is 2. The highest BCUT2D eigenvalue weighted by Gasteiger charge is 2.05. The molecule has 0 spiro atoms. The number of anilines is 1. The summed E-state index contributed by atoms with van der Waals surface area (Å²) in [6.07, 6.45) is 3.20. The van der Waals surface area contributed by atoms with E-state index in [9.17, 15) is 9.59 Å². The van der Waals surface area contributed by atoms with E-state index in [1.54, 1.807) is 12.1 Å². The maximum atomic E-state index is 12.1. The molecule has 0 radical (unpaired) electrons. The minimum Gasteiger partial charge on any atom is -0.490 e. The van der Waals surface area contributed by atoms with Crippen molar-refractivity contribution in [2.75, 3.05) is 18.5 Å².